The van der Waals surface area contributed by atoms with Crippen molar-refractivity contribution in [1.29, 1.82) is 5.26 Å². The summed E-state index contributed by atoms with van der Waals surface area (Å²) >= 11 is 6.01. The Balaban J connectivity index is 1.56. The van der Waals surface area contributed by atoms with Gasteiger partial charge >= 0.3 is 0 Å². The van der Waals surface area contributed by atoms with Gasteiger partial charge in [-0.25, -0.2) is 0 Å². The van der Waals surface area contributed by atoms with Crippen molar-refractivity contribution in [3.05, 3.63) is 28.8 Å². The van der Waals surface area contributed by atoms with E-state index in [4.69, 9.17) is 16.9 Å². The zero-order chi connectivity index (χ0) is 13.7. The van der Waals surface area contributed by atoms with Gasteiger partial charge in [0.2, 0.25) is 0 Å². The number of rotatable bonds is 2. The molecule has 5 rings (SSSR count). The van der Waals surface area contributed by atoms with Crippen molar-refractivity contribution >= 4 is 17.3 Å². The van der Waals surface area contributed by atoms with E-state index in [-0.39, 0.29) is 0 Å². The minimum Gasteiger partial charge on any atom is -0.382 e. The van der Waals surface area contributed by atoms with Gasteiger partial charge in [-0.05, 0) is 74.0 Å². The van der Waals surface area contributed by atoms with Gasteiger partial charge in [-0.15, -0.1) is 0 Å². The van der Waals surface area contributed by atoms with Crippen LogP contribution in [0.4, 0.5) is 5.69 Å². The molecule has 0 radical (unpaired) electrons. The summed E-state index contributed by atoms with van der Waals surface area (Å²) in [6, 6.07) is 8.51. The molecule has 1 aromatic rings. The topological polar surface area (TPSA) is 35.8 Å². The Kier molecular flexibility index (Phi) is 2.93. The molecule has 3 heteroatoms. The maximum absolute atomic E-state index is 9.09. The van der Waals surface area contributed by atoms with Gasteiger partial charge < -0.3 is 5.32 Å². The van der Waals surface area contributed by atoms with Crippen molar-refractivity contribution in [2.45, 2.75) is 38.1 Å². The predicted octanol–water partition coefficient (Wildman–Crippen LogP) is 4.45. The average Bonchev–Trinajstić information content (AvgIpc) is 2.44. The van der Waals surface area contributed by atoms with Crippen LogP contribution in [0.5, 0.6) is 0 Å². The fourth-order valence-electron chi connectivity index (χ4n) is 5.05. The highest BCUT2D eigenvalue weighted by atomic mass is 35.5. The Labute approximate surface area is 125 Å². The molecule has 4 fully saturated rings. The lowest BCUT2D eigenvalue weighted by molar-refractivity contribution is 0.00754. The molecule has 4 aliphatic carbocycles. The van der Waals surface area contributed by atoms with Crippen LogP contribution in [0.3, 0.4) is 0 Å². The second-order valence-electron chi connectivity index (χ2n) is 6.91. The molecule has 0 atom stereocenters. The number of hydrogen-bond acceptors (Lipinski definition) is 2. The molecule has 0 spiro atoms. The molecular weight excluding hydrogens is 268 g/mol. The standard InChI is InChI=1S/C17H19ClN2/c18-16-2-1-15(8-14(16)9-19)20-17-12-4-10-3-11(6-12)7-13(17)5-10/h1-2,8,10-13,17,20H,3-7H2. The molecule has 2 nitrogen and oxygen atoms in total. The molecule has 0 aromatic heterocycles. The number of hydrogen-bond donors (Lipinski definition) is 1. The van der Waals surface area contributed by atoms with Gasteiger partial charge in [0.15, 0.2) is 0 Å². The van der Waals surface area contributed by atoms with E-state index in [1.165, 1.54) is 32.1 Å². The van der Waals surface area contributed by atoms with E-state index in [1.54, 1.807) is 0 Å². The molecule has 4 aliphatic rings. The Hall–Kier alpha value is -1.20. The van der Waals surface area contributed by atoms with Gasteiger partial charge in [-0.2, -0.15) is 5.26 Å². The van der Waals surface area contributed by atoms with Gasteiger partial charge in [0, 0.05) is 11.7 Å². The molecule has 4 bridgehead atoms. The summed E-state index contributed by atoms with van der Waals surface area (Å²) in [6.07, 6.45) is 7.11. The van der Waals surface area contributed by atoms with Gasteiger partial charge in [0.05, 0.1) is 10.6 Å². The zero-order valence-electron chi connectivity index (χ0n) is 11.5. The number of nitrogens with one attached hydrogen (secondary N) is 1. The largest absolute Gasteiger partial charge is 0.382 e. The minimum absolute atomic E-state index is 0.545. The third-order valence-corrected chi connectivity index (χ3v) is 5.98. The fourth-order valence-corrected chi connectivity index (χ4v) is 5.21. The number of nitrogens with zero attached hydrogens (tertiary/aromatic N) is 1. The summed E-state index contributed by atoms with van der Waals surface area (Å²) in [5.74, 6) is 3.67. The molecule has 0 unspecified atom stereocenters. The molecule has 0 heterocycles. The first-order valence-corrected chi connectivity index (χ1v) is 8.07. The van der Waals surface area contributed by atoms with E-state index in [0.717, 1.165) is 29.4 Å². The quantitative estimate of drug-likeness (QED) is 0.872. The van der Waals surface area contributed by atoms with Crippen LogP contribution in [-0.2, 0) is 0 Å². The monoisotopic (exact) mass is 286 g/mol. The maximum atomic E-state index is 9.09. The highest BCUT2D eigenvalue weighted by molar-refractivity contribution is 6.31. The lowest BCUT2D eigenvalue weighted by Crippen LogP contribution is -2.51. The molecule has 20 heavy (non-hydrogen) atoms. The lowest BCUT2D eigenvalue weighted by Gasteiger charge is -2.54. The first-order valence-electron chi connectivity index (χ1n) is 7.69. The highest BCUT2D eigenvalue weighted by Gasteiger charge is 2.48. The van der Waals surface area contributed by atoms with Crippen molar-refractivity contribution < 1.29 is 0 Å². The Morgan fingerprint density at radius 2 is 1.70 bits per heavy atom. The summed E-state index contributed by atoms with van der Waals surface area (Å²) in [7, 11) is 0. The maximum Gasteiger partial charge on any atom is 0.101 e. The third-order valence-electron chi connectivity index (χ3n) is 5.65. The van der Waals surface area contributed by atoms with Gasteiger partial charge in [0.1, 0.15) is 6.07 Å². The molecule has 1 aromatic carbocycles. The zero-order valence-corrected chi connectivity index (χ0v) is 12.2. The summed E-state index contributed by atoms with van der Waals surface area (Å²) < 4.78 is 0. The van der Waals surface area contributed by atoms with Crippen molar-refractivity contribution in [3.63, 3.8) is 0 Å². The second-order valence-corrected chi connectivity index (χ2v) is 7.31. The van der Waals surface area contributed by atoms with Gasteiger partial charge in [-0.3, -0.25) is 0 Å². The van der Waals surface area contributed by atoms with Crippen LogP contribution in [0.2, 0.25) is 5.02 Å². The van der Waals surface area contributed by atoms with Crippen LogP contribution in [-0.4, -0.2) is 6.04 Å². The molecule has 1 N–H and O–H groups in total. The number of benzene rings is 1. The lowest BCUT2D eigenvalue weighted by atomic mass is 9.54. The molecular formula is C17H19ClN2. The van der Waals surface area contributed by atoms with Crippen molar-refractivity contribution in [2.24, 2.45) is 23.7 Å². The SMILES string of the molecule is N#Cc1cc(NC2C3CC4CC(C3)CC2C4)ccc1Cl. The highest BCUT2D eigenvalue weighted by Crippen LogP contribution is 2.54. The smallest absolute Gasteiger partial charge is 0.101 e. The average molecular weight is 287 g/mol. The van der Waals surface area contributed by atoms with E-state index in [1.807, 2.05) is 18.2 Å². The fraction of sp³-hybridized carbons (Fsp3) is 0.588. The van der Waals surface area contributed by atoms with Crippen LogP contribution >= 0.6 is 11.6 Å². The molecule has 4 saturated carbocycles. The Morgan fingerprint density at radius 3 is 2.30 bits per heavy atom. The van der Waals surface area contributed by atoms with E-state index in [2.05, 4.69) is 11.4 Å². The Bertz CT molecular complexity index is 547. The Morgan fingerprint density at radius 1 is 1.05 bits per heavy atom. The van der Waals surface area contributed by atoms with Crippen molar-refractivity contribution in [1.82, 2.24) is 0 Å². The summed E-state index contributed by atoms with van der Waals surface area (Å²) in [4.78, 5) is 0. The van der Waals surface area contributed by atoms with Crippen LogP contribution < -0.4 is 5.32 Å². The molecule has 104 valence electrons. The van der Waals surface area contributed by atoms with Crippen LogP contribution in [0, 0.1) is 35.0 Å². The van der Waals surface area contributed by atoms with Crippen LogP contribution in [0.1, 0.15) is 37.7 Å². The van der Waals surface area contributed by atoms with Crippen LogP contribution in [0.15, 0.2) is 18.2 Å². The molecule has 0 aliphatic heterocycles. The van der Waals surface area contributed by atoms with Crippen molar-refractivity contribution in [3.8, 4) is 6.07 Å². The summed E-state index contributed by atoms with van der Waals surface area (Å²) in [5.41, 5.74) is 1.63. The first-order chi connectivity index (χ1) is 9.72. The summed E-state index contributed by atoms with van der Waals surface area (Å²) in [6.45, 7) is 0. The van der Waals surface area contributed by atoms with E-state index in [9.17, 15) is 0 Å². The molecule has 0 saturated heterocycles. The number of halogens is 1. The van der Waals surface area contributed by atoms with Gasteiger partial charge in [-0.1, -0.05) is 11.6 Å². The second kappa shape index (κ2) is 4.67. The number of nitriles is 1. The van der Waals surface area contributed by atoms with Gasteiger partial charge in [0.25, 0.3) is 0 Å². The third kappa shape index (κ3) is 2.00. The van der Waals surface area contributed by atoms with Crippen molar-refractivity contribution in [2.75, 3.05) is 5.32 Å². The predicted molar refractivity (Wildman–Crippen MR) is 80.6 cm³/mol. The van der Waals surface area contributed by atoms with E-state index >= 15 is 0 Å². The van der Waals surface area contributed by atoms with E-state index < -0.39 is 0 Å². The molecule has 0 amide bonds. The summed E-state index contributed by atoms with van der Waals surface area (Å²) in [5, 5.41) is 13.3. The van der Waals surface area contributed by atoms with E-state index in [0.29, 0.717) is 16.6 Å². The van der Waals surface area contributed by atoms with Crippen LogP contribution in [0.25, 0.3) is 0 Å². The minimum atomic E-state index is 0.545. The normalized spacial score (nSPS) is 37.7. The first kappa shape index (κ1) is 12.5. The number of anilines is 1.